The van der Waals surface area contributed by atoms with Gasteiger partial charge in [0.05, 0.1) is 0 Å². The van der Waals surface area contributed by atoms with Gasteiger partial charge < -0.3 is 5.73 Å². The fourth-order valence-electron chi connectivity index (χ4n) is 1.52. The summed E-state index contributed by atoms with van der Waals surface area (Å²) in [7, 11) is 0. The van der Waals surface area contributed by atoms with Crippen molar-refractivity contribution in [1.29, 1.82) is 0 Å². The first-order valence-electron chi connectivity index (χ1n) is 5.36. The van der Waals surface area contributed by atoms with Crippen LogP contribution in [0.4, 0.5) is 5.69 Å². The first-order valence-corrected chi connectivity index (χ1v) is 6.97. The van der Waals surface area contributed by atoms with E-state index in [0.29, 0.717) is 0 Å². The molecule has 2 aromatic rings. The zero-order valence-electron chi connectivity index (χ0n) is 9.83. The van der Waals surface area contributed by atoms with Crippen molar-refractivity contribution in [2.75, 3.05) is 5.73 Å². The Morgan fingerprint density at radius 1 is 1.00 bits per heavy atom. The minimum absolute atomic E-state index is 0.808. The number of anilines is 1. The van der Waals surface area contributed by atoms with Crippen LogP contribution < -0.4 is 5.73 Å². The van der Waals surface area contributed by atoms with Gasteiger partial charge in [-0.25, -0.2) is 0 Å². The van der Waals surface area contributed by atoms with Crippen LogP contribution in [-0.2, 0) is 0 Å². The molecule has 1 nitrogen and oxygen atoms in total. The number of benzene rings is 2. The van der Waals surface area contributed by atoms with Crippen molar-refractivity contribution >= 4 is 33.4 Å². The Hall–Kier alpha value is -0.930. The highest BCUT2D eigenvalue weighted by molar-refractivity contribution is 9.10. The van der Waals surface area contributed by atoms with Gasteiger partial charge in [-0.05, 0) is 55.3 Å². The maximum absolute atomic E-state index is 5.99. The van der Waals surface area contributed by atoms with E-state index in [-0.39, 0.29) is 0 Å². The van der Waals surface area contributed by atoms with E-state index in [1.165, 1.54) is 16.0 Å². The lowest BCUT2D eigenvalue weighted by Gasteiger charge is -2.07. The number of nitrogen functional groups attached to an aromatic ring is 1. The zero-order chi connectivity index (χ0) is 12.4. The normalized spacial score (nSPS) is 10.5. The largest absolute Gasteiger partial charge is 0.398 e. The fraction of sp³-hybridized carbons (Fsp3) is 0.143. The van der Waals surface area contributed by atoms with Gasteiger partial charge in [0.2, 0.25) is 0 Å². The third-order valence-corrected chi connectivity index (χ3v) is 4.25. The summed E-state index contributed by atoms with van der Waals surface area (Å²) in [6.45, 7) is 4.25. The lowest BCUT2D eigenvalue weighted by Crippen LogP contribution is -1.88. The Labute approximate surface area is 115 Å². The molecular weight excluding hydrogens is 294 g/mol. The average molecular weight is 308 g/mol. The molecule has 0 fully saturated rings. The molecule has 0 radical (unpaired) electrons. The van der Waals surface area contributed by atoms with Crippen LogP contribution in [0, 0.1) is 13.8 Å². The molecule has 0 saturated carbocycles. The van der Waals surface area contributed by atoms with E-state index < -0.39 is 0 Å². The summed E-state index contributed by atoms with van der Waals surface area (Å²) in [6.07, 6.45) is 0. The summed E-state index contributed by atoms with van der Waals surface area (Å²) in [5, 5.41) is 0. The molecule has 3 heteroatoms. The maximum Gasteiger partial charge on any atom is 0.0467 e. The average Bonchev–Trinajstić information content (AvgIpc) is 2.27. The minimum Gasteiger partial charge on any atom is -0.398 e. The molecule has 0 aliphatic carbocycles. The smallest absolute Gasteiger partial charge is 0.0467 e. The Kier molecular flexibility index (Phi) is 3.79. The van der Waals surface area contributed by atoms with E-state index in [0.717, 1.165) is 15.1 Å². The second-order valence-corrected chi connectivity index (χ2v) is 6.06. The molecule has 2 aromatic carbocycles. The van der Waals surface area contributed by atoms with Crippen LogP contribution in [0.5, 0.6) is 0 Å². The van der Waals surface area contributed by atoms with Crippen molar-refractivity contribution in [1.82, 2.24) is 0 Å². The number of aryl methyl sites for hydroxylation is 2. The highest BCUT2D eigenvalue weighted by Crippen LogP contribution is 2.34. The van der Waals surface area contributed by atoms with E-state index >= 15 is 0 Å². The molecule has 88 valence electrons. The minimum atomic E-state index is 0.808. The van der Waals surface area contributed by atoms with Gasteiger partial charge >= 0.3 is 0 Å². The van der Waals surface area contributed by atoms with Gasteiger partial charge in [0.15, 0.2) is 0 Å². The second kappa shape index (κ2) is 5.15. The number of hydrogen-bond donors (Lipinski definition) is 1. The molecule has 0 spiro atoms. The molecule has 0 saturated heterocycles. The lowest BCUT2D eigenvalue weighted by molar-refractivity contribution is 1.27. The van der Waals surface area contributed by atoms with Crippen LogP contribution in [0.15, 0.2) is 50.7 Å². The molecule has 17 heavy (non-hydrogen) atoms. The summed E-state index contributed by atoms with van der Waals surface area (Å²) in [6, 6.07) is 12.5. The fourth-order valence-corrected chi connectivity index (χ4v) is 2.83. The summed E-state index contributed by atoms with van der Waals surface area (Å²) in [4.78, 5) is 2.32. The van der Waals surface area contributed by atoms with E-state index in [4.69, 9.17) is 5.73 Å². The molecule has 0 aliphatic heterocycles. The van der Waals surface area contributed by atoms with Crippen LogP contribution in [0.2, 0.25) is 0 Å². The van der Waals surface area contributed by atoms with Crippen molar-refractivity contribution in [2.45, 2.75) is 23.6 Å². The van der Waals surface area contributed by atoms with Gasteiger partial charge in [0.1, 0.15) is 0 Å². The van der Waals surface area contributed by atoms with Crippen LogP contribution in [0.1, 0.15) is 11.1 Å². The third-order valence-electron chi connectivity index (χ3n) is 2.68. The van der Waals surface area contributed by atoms with Crippen LogP contribution in [0.3, 0.4) is 0 Å². The Morgan fingerprint density at radius 3 is 2.41 bits per heavy atom. The Bertz CT molecular complexity index is 552. The molecule has 0 unspecified atom stereocenters. The van der Waals surface area contributed by atoms with E-state index in [1.54, 1.807) is 11.8 Å². The predicted molar refractivity (Wildman–Crippen MR) is 78.6 cm³/mol. The standard InChI is InChI=1S/C14H14BrNS/c1-9-3-5-12(7-10(9)2)17-14-6-4-11(15)8-13(14)16/h3-8H,16H2,1-2H3. The summed E-state index contributed by atoms with van der Waals surface area (Å²) in [5.41, 5.74) is 9.42. The van der Waals surface area contributed by atoms with Crippen LogP contribution in [-0.4, -0.2) is 0 Å². The van der Waals surface area contributed by atoms with Crippen molar-refractivity contribution in [2.24, 2.45) is 0 Å². The Balaban J connectivity index is 2.28. The molecule has 0 atom stereocenters. The molecule has 2 N–H and O–H groups in total. The number of halogens is 1. The maximum atomic E-state index is 5.99. The summed E-state index contributed by atoms with van der Waals surface area (Å²) in [5.74, 6) is 0. The van der Waals surface area contributed by atoms with Crippen LogP contribution >= 0.6 is 27.7 Å². The predicted octanol–water partition coefficient (Wildman–Crippen LogP) is 4.80. The SMILES string of the molecule is Cc1ccc(Sc2ccc(Br)cc2N)cc1C. The van der Waals surface area contributed by atoms with Gasteiger partial charge in [-0.1, -0.05) is 33.8 Å². The second-order valence-electron chi connectivity index (χ2n) is 4.03. The molecule has 0 heterocycles. The monoisotopic (exact) mass is 307 g/mol. The first-order chi connectivity index (χ1) is 8.06. The van der Waals surface area contributed by atoms with Crippen molar-refractivity contribution in [3.8, 4) is 0 Å². The topological polar surface area (TPSA) is 26.0 Å². The van der Waals surface area contributed by atoms with Gasteiger partial charge in [-0.2, -0.15) is 0 Å². The summed E-state index contributed by atoms with van der Waals surface area (Å²) < 4.78 is 1.01. The highest BCUT2D eigenvalue weighted by Gasteiger charge is 2.03. The zero-order valence-corrected chi connectivity index (χ0v) is 12.2. The van der Waals surface area contributed by atoms with Gasteiger partial charge in [-0.15, -0.1) is 0 Å². The summed E-state index contributed by atoms with van der Waals surface area (Å²) >= 11 is 5.11. The molecular formula is C14H14BrNS. The first kappa shape index (κ1) is 12.5. The number of rotatable bonds is 2. The molecule has 0 aromatic heterocycles. The van der Waals surface area contributed by atoms with Crippen LogP contribution in [0.25, 0.3) is 0 Å². The van der Waals surface area contributed by atoms with Gasteiger partial charge in [-0.3, -0.25) is 0 Å². The van der Waals surface area contributed by atoms with Crippen molar-refractivity contribution < 1.29 is 0 Å². The molecule has 0 amide bonds. The Morgan fingerprint density at radius 2 is 1.76 bits per heavy atom. The van der Waals surface area contributed by atoms with E-state index in [2.05, 4.69) is 48.0 Å². The van der Waals surface area contributed by atoms with E-state index in [1.807, 2.05) is 18.2 Å². The van der Waals surface area contributed by atoms with E-state index in [9.17, 15) is 0 Å². The van der Waals surface area contributed by atoms with Crippen molar-refractivity contribution in [3.05, 3.63) is 52.0 Å². The molecule has 0 bridgehead atoms. The number of nitrogens with two attached hydrogens (primary N) is 1. The molecule has 2 rings (SSSR count). The number of hydrogen-bond acceptors (Lipinski definition) is 2. The third kappa shape index (κ3) is 3.05. The van der Waals surface area contributed by atoms with Gasteiger partial charge in [0, 0.05) is 20.0 Å². The van der Waals surface area contributed by atoms with Crippen molar-refractivity contribution in [3.63, 3.8) is 0 Å². The highest BCUT2D eigenvalue weighted by atomic mass is 79.9. The van der Waals surface area contributed by atoms with Gasteiger partial charge in [0.25, 0.3) is 0 Å². The lowest BCUT2D eigenvalue weighted by atomic mass is 10.1. The molecule has 0 aliphatic rings. The quantitative estimate of drug-likeness (QED) is 0.807.